The first-order valence-corrected chi connectivity index (χ1v) is 8.57. The number of benzene rings is 2. The zero-order chi connectivity index (χ0) is 18.9. The standard InChI is InChI=1S/C20H25N3O3/c1-14(2)19(24)22-16-8-10-17(11-9-16)23-20(25)21-13-12-15-6-4-5-7-18(15)26-3/h4-11,14H,12-13H2,1-3H3,(H,22,24)(H2,21,23,25). The highest BCUT2D eigenvalue weighted by Gasteiger charge is 2.07. The van der Waals surface area contributed by atoms with Crippen LogP contribution in [0.2, 0.25) is 0 Å². The Hall–Kier alpha value is -3.02. The molecule has 2 aromatic rings. The minimum absolute atomic E-state index is 0.0419. The topological polar surface area (TPSA) is 79.5 Å². The van der Waals surface area contributed by atoms with Crippen molar-refractivity contribution in [2.24, 2.45) is 5.92 Å². The highest BCUT2D eigenvalue weighted by atomic mass is 16.5. The van der Waals surface area contributed by atoms with E-state index < -0.39 is 0 Å². The largest absolute Gasteiger partial charge is 0.496 e. The smallest absolute Gasteiger partial charge is 0.319 e. The van der Waals surface area contributed by atoms with Crippen LogP contribution in [-0.4, -0.2) is 25.6 Å². The minimum atomic E-state index is -0.279. The first-order valence-electron chi connectivity index (χ1n) is 8.57. The molecule has 6 nitrogen and oxygen atoms in total. The number of rotatable bonds is 7. The third-order valence-corrected chi connectivity index (χ3v) is 3.81. The molecule has 0 unspecified atom stereocenters. The Balaban J connectivity index is 1.79. The first kappa shape index (κ1) is 19.3. The zero-order valence-corrected chi connectivity index (χ0v) is 15.3. The highest BCUT2D eigenvalue weighted by Crippen LogP contribution is 2.17. The summed E-state index contributed by atoms with van der Waals surface area (Å²) in [5.74, 6) is 0.690. The molecule has 0 fully saturated rings. The predicted molar refractivity (Wildman–Crippen MR) is 104 cm³/mol. The fraction of sp³-hybridized carbons (Fsp3) is 0.300. The van der Waals surface area contributed by atoms with Crippen LogP contribution >= 0.6 is 0 Å². The molecule has 0 aliphatic rings. The van der Waals surface area contributed by atoms with Crippen molar-refractivity contribution in [3.63, 3.8) is 0 Å². The van der Waals surface area contributed by atoms with E-state index in [4.69, 9.17) is 4.74 Å². The number of anilines is 2. The number of ether oxygens (including phenoxy) is 1. The van der Waals surface area contributed by atoms with E-state index in [2.05, 4.69) is 16.0 Å². The van der Waals surface area contributed by atoms with Crippen LogP contribution in [-0.2, 0) is 11.2 Å². The van der Waals surface area contributed by atoms with E-state index in [0.29, 0.717) is 24.3 Å². The molecule has 3 N–H and O–H groups in total. The van der Waals surface area contributed by atoms with Crippen molar-refractivity contribution < 1.29 is 14.3 Å². The van der Waals surface area contributed by atoms with E-state index in [9.17, 15) is 9.59 Å². The van der Waals surface area contributed by atoms with Crippen LogP contribution in [0.25, 0.3) is 0 Å². The van der Waals surface area contributed by atoms with Crippen molar-refractivity contribution in [1.29, 1.82) is 0 Å². The molecule has 2 rings (SSSR count). The zero-order valence-electron chi connectivity index (χ0n) is 15.3. The van der Waals surface area contributed by atoms with Gasteiger partial charge in [0, 0.05) is 23.8 Å². The van der Waals surface area contributed by atoms with Gasteiger partial charge in [-0.25, -0.2) is 4.79 Å². The van der Waals surface area contributed by atoms with Gasteiger partial charge < -0.3 is 20.7 Å². The molecule has 0 bridgehead atoms. The number of urea groups is 1. The normalized spacial score (nSPS) is 10.3. The molecular weight excluding hydrogens is 330 g/mol. The van der Waals surface area contributed by atoms with Crippen molar-refractivity contribution in [3.05, 3.63) is 54.1 Å². The fourth-order valence-corrected chi connectivity index (χ4v) is 2.32. The van der Waals surface area contributed by atoms with Crippen molar-refractivity contribution in [1.82, 2.24) is 5.32 Å². The second-order valence-corrected chi connectivity index (χ2v) is 6.16. The van der Waals surface area contributed by atoms with Crippen molar-refractivity contribution in [2.75, 3.05) is 24.3 Å². The number of para-hydroxylation sites is 1. The molecule has 26 heavy (non-hydrogen) atoms. The quantitative estimate of drug-likeness (QED) is 0.709. The van der Waals surface area contributed by atoms with Gasteiger partial charge in [-0.05, 0) is 42.3 Å². The second-order valence-electron chi connectivity index (χ2n) is 6.16. The van der Waals surface area contributed by atoms with E-state index >= 15 is 0 Å². The molecule has 2 aromatic carbocycles. The molecule has 3 amide bonds. The van der Waals surface area contributed by atoms with Gasteiger partial charge >= 0.3 is 6.03 Å². The lowest BCUT2D eigenvalue weighted by Gasteiger charge is -2.11. The van der Waals surface area contributed by atoms with Crippen LogP contribution < -0.4 is 20.7 Å². The summed E-state index contributed by atoms with van der Waals surface area (Å²) in [5.41, 5.74) is 2.40. The van der Waals surface area contributed by atoms with Gasteiger partial charge in [0.1, 0.15) is 5.75 Å². The molecule has 0 saturated carbocycles. The number of methoxy groups -OCH3 is 1. The Bertz CT molecular complexity index is 742. The second kappa shape index (κ2) is 9.46. The van der Waals surface area contributed by atoms with Crippen molar-refractivity contribution in [2.45, 2.75) is 20.3 Å². The van der Waals surface area contributed by atoms with Gasteiger partial charge in [-0.3, -0.25) is 4.79 Å². The van der Waals surface area contributed by atoms with Gasteiger partial charge in [-0.15, -0.1) is 0 Å². The summed E-state index contributed by atoms with van der Waals surface area (Å²) >= 11 is 0. The lowest BCUT2D eigenvalue weighted by molar-refractivity contribution is -0.118. The Labute approximate surface area is 153 Å². The molecule has 0 aliphatic carbocycles. The van der Waals surface area contributed by atoms with Gasteiger partial charge in [0.2, 0.25) is 5.91 Å². The maximum Gasteiger partial charge on any atom is 0.319 e. The van der Waals surface area contributed by atoms with E-state index in [1.807, 2.05) is 38.1 Å². The predicted octanol–water partition coefficient (Wildman–Crippen LogP) is 3.65. The molecule has 0 aliphatic heterocycles. The van der Waals surface area contributed by atoms with Crippen LogP contribution in [0.4, 0.5) is 16.2 Å². The summed E-state index contributed by atoms with van der Waals surface area (Å²) in [6.07, 6.45) is 0.678. The Morgan fingerprint density at radius 1 is 0.962 bits per heavy atom. The van der Waals surface area contributed by atoms with Gasteiger partial charge in [0.05, 0.1) is 7.11 Å². The van der Waals surface area contributed by atoms with E-state index in [-0.39, 0.29) is 17.9 Å². The number of carbonyl (C=O) groups excluding carboxylic acids is 2. The monoisotopic (exact) mass is 355 g/mol. The third-order valence-electron chi connectivity index (χ3n) is 3.81. The summed E-state index contributed by atoms with van der Waals surface area (Å²) < 4.78 is 5.29. The van der Waals surface area contributed by atoms with Gasteiger partial charge in [0.15, 0.2) is 0 Å². The van der Waals surface area contributed by atoms with Gasteiger partial charge in [0.25, 0.3) is 0 Å². The number of nitrogens with one attached hydrogen (secondary N) is 3. The summed E-state index contributed by atoms with van der Waals surface area (Å²) in [6, 6.07) is 14.4. The van der Waals surface area contributed by atoms with Crippen LogP contribution in [0.15, 0.2) is 48.5 Å². The van der Waals surface area contributed by atoms with Crippen molar-refractivity contribution >= 4 is 23.3 Å². The molecule has 0 saturated heterocycles. The Morgan fingerprint density at radius 2 is 1.58 bits per heavy atom. The molecule has 0 spiro atoms. The Morgan fingerprint density at radius 3 is 2.19 bits per heavy atom. The molecule has 0 atom stereocenters. The minimum Gasteiger partial charge on any atom is -0.496 e. The maximum atomic E-state index is 12.0. The summed E-state index contributed by atoms with van der Waals surface area (Å²) in [7, 11) is 1.63. The number of hydrogen-bond donors (Lipinski definition) is 3. The van der Waals surface area contributed by atoms with E-state index in [1.54, 1.807) is 31.4 Å². The summed E-state index contributed by atoms with van der Waals surface area (Å²) in [6.45, 7) is 4.16. The first-order chi connectivity index (χ1) is 12.5. The number of carbonyl (C=O) groups is 2. The summed E-state index contributed by atoms with van der Waals surface area (Å²) in [4.78, 5) is 23.6. The maximum absolute atomic E-state index is 12.0. The van der Waals surface area contributed by atoms with E-state index in [0.717, 1.165) is 11.3 Å². The fourth-order valence-electron chi connectivity index (χ4n) is 2.32. The van der Waals surface area contributed by atoms with Crippen LogP contribution in [0.5, 0.6) is 5.75 Å². The molecule has 6 heteroatoms. The van der Waals surface area contributed by atoms with Gasteiger partial charge in [-0.2, -0.15) is 0 Å². The average Bonchev–Trinajstić information content (AvgIpc) is 2.63. The van der Waals surface area contributed by atoms with Crippen LogP contribution in [0.3, 0.4) is 0 Å². The molecule has 138 valence electrons. The molecule has 0 aromatic heterocycles. The van der Waals surface area contributed by atoms with Gasteiger partial charge in [-0.1, -0.05) is 32.0 Å². The third kappa shape index (κ3) is 5.81. The molecule has 0 radical (unpaired) electrons. The van der Waals surface area contributed by atoms with Crippen LogP contribution in [0.1, 0.15) is 19.4 Å². The lowest BCUT2D eigenvalue weighted by Crippen LogP contribution is -2.30. The summed E-state index contributed by atoms with van der Waals surface area (Å²) in [5, 5.41) is 8.39. The van der Waals surface area contributed by atoms with E-state index in [1.165, 1.54) is 0 Å². The Kier molecular flexibility index (Phi) is 7.02. The van der Waals surface area contributed by atoms with Crippen LogP contribution in [0, 0.1) is 5.92 Å². The van der Waals surface area contributed by atoms with Crippen molar-refractivity contribution in [3.8, 4) is 5.75 Å². The SMILES string of the molecule is COc1ccccc1CCNC(=O)Nc1ccc(NC(=O)C(C)C)cc1. The highest BCUT2D eigenvalue weighted by molar-refractivity contribution is 5.93. The molecule has 0 heterocycles. The molecular formula is C20H25N3O3. The number of hydrogen-bond acceptors (Lipinski definition) is 3. The average molecular weight is 355 g/mol. The number of amides is 3. The lowest BCUT2D eigenvalue weighted by atomic mass is 10.1.